The molecule has 2 heteroatoms. The molecule has 0 heterocycles. The third-order valence-corrected chi connectivity index (χ3v) is 0. The third kappa shape index (κ3) is 20500. The number of rotatable bonds is 0. The van der Waals surface area contributed by atoms with Crippen LogP contribution in [0.25, 0.3) is 0 Å². The standard InChI is InChI=1S/C2H4FP/c1-4(2)3/h1H,2H3. The Balaban J connectivity index is 3.02. The van der Waals surface area contributed by atoms with Crippen LogP contribution in [0.15, 0.2) is 0 Å². The molecule has 1 unspecified atom stereocenters. The quantitative estimate of drug-likeness (QED) is 0.386. The lowest BCUT2D eigenvalue weighted by Gasteiger charge is -1.54. The van der Waals surface area contributed by atoms with Crippen molar-refractivity contribution in [1.29, 1.82) is 0 Å². The highest BCUT2D eigenvalue weighted by Gasteiger charge is 1.52. The third-order valence-electron chi connectivity index (χ3n) is 0. The highest BCUT2D eigenvalue weighted by Crippen LogP contribution is 2.07. The minimum absolute atomic E-state index is 1.34. The normalized spacial score (nSPS) is 10.8. The molecule has 0 radical (unpaired) electrons. The van der Waals surface area contributed by atoms with Gasteiger partial charge in [-0.25, -0.2) is 0 Å². The van der Waals surface area contributed by atoms with Crippen molar-refractivity contribution in [1.82, 2.24) is 0 Å². The fourth-order valence-electron chi connectivity index (χ4n) is 0. The first kappa shape index (κ1) is 4.01. The summed E-state index contributed by atoms with van der Waals surface area (Å²) in [7, 11) is -1.62. The van der Waals surface area contributed by atoms with Crippen molar-refractivity contribution in [3.05, 3.63) is 0 Å². The van der Waals surface area contributed by atoms with Crippen molar-refractivity contribution in [2.75, 3.05) is 6.66 Å². The maximum Gasteiger partial charge on any atom is 0.0702 e. The average Bonchev–Trinajstić information content (AvgIpc) is 0.811. The van der Waals surface area contributed by atoms with Crippen LogP contribution in [0.1, 0.15) is 0 Å². The molecule has 0 rings (SSSR count). The molecule has 0 aromatic carbocycles. The van der Waals surface area contributed by atoms with E-state index < -0.39 is 7.69 Å². The van der Waals surface area contributed by atoms with Crippen LogP contribution < -0.4 is 0 Å². The van der Waals surface area contributed by atoms with Gasteiger partial charge in [-0.15, -0.1) is 6.13 Å². The second kappa shape index (κ2) is 1.34. The van der Waals surface area contributed by atoms with Crippen molar-refractivity contribution < 1.29 is 4.20 Å². The van der Waals surface area contributed by atoms with E-state index in [1.165, 1.54) is 6.66 Å². The summed E-state index contributed by atoms with van der Waals surface area (Å²) in [5.41, 5.74) is 0. The van der Waals surface area contributed by atoms with Crippen molar-refractivity contribution in [2.45, 2.75) is 0 Å². The van der Waals surface area contributed by atoms with E-state index in [0.29, 0.717) is 0 Å². The molecule has 1 atom stereocenters. The van der Waals surface area contributed by atoms with Gasteiger partial charge in [-0.1, -0.05) is 0 Å². The number of hydrogen-bond acceptors (Lipinski definition) is 0. The molecular formula is C2H4FP. The van der Waals surface area contributed by atoms with Crippen LogP contribution in [0.2, 0.25) is 0 Å². The zero-order valence-corrected chi connectivity index (χ0v) is 3.30. The summed E-state index contributed by atoms with van der Waals surface area (Å²) < 4.78 is 10.8. The van der Waals surface area contributed by atoms with E-state index in [4.69, 9.17) is 0 Å². The molecule has 0 aromatic heterocycles. The van der Waals surface area contributed by atoms with Gasteiger partial charge in [0, 0.05) is 6.66 Å². The Morgan fingerprint density at radius 3 is 2.00 bits per heavy atom. The molecule has 0 fully saturated rings. The van der Waals surface area contributed by atoms with E-state index in [2.05, 4.69) is 6.13 Å². The molecule has 0 N–H and O–H groups in total. The summed E-state index contributed by atoms with van der Waals surface area (Å²) >= 11 is 0. The van der Waals surface area contributed by atoms with E-state index in [9.17, 15) is 4.20 Å². The molecule has 0 aliphatic rings. The van der Waals surface area contributed by atoms with Crippen LogP contribution in [0.4, 0.5) is 4.20 Å². The predicted molar refractivity (Wildman–Crippen MR) is 18.9 cm³/mol. The Labute approximate surface area is 25.8 Å². The van der Waals surface area contributed by atoms with E-state index in [1.807, 2.05) is 0 Å². The maximum absolute atomic E-state index is 10.8. The van der Waals surface area contributed by atoms with Gasteiger partial charge in [0.15, 0.2) is 0 Å². The van der Waals surface area contributed by atoms with Gasteiger partial charge in [0.25, 0.3) is 0 Å². The van der Waals surface area contributed by atoms with E-state index in [-0.39, 0.29) is 0 Å². The lowest BCUT2D eigenvalue weighted by molar-refractivity contribution is 0.921. The molecule has 0 amide bonds. The van der Waals surface area contributed by atoms with Crippen LogP contribution >= 0.6 is 7.69 Å². The monoisotopic (exact) mass is 78.0 g/mol. The van der Waals surface area contributed by atoms with Crippen LogP contribution in [0, 0.1) is 6.13 Å². The molecule has 24 valence electrons. The van der Waals surface area contributed by atoms with Crippen LogP contribution in [0.3, 0.4) is 0 Å². The van der Waals surface area contributed by atoms with Gasteiger partial charge in [0.05, 0.1) is 7.69 Å². The molecule has 0 aromatic rings. The van der Waals surface area contributed by atoms with Crippen LogP contribution in [-0.2, 0) is 0 Å². The summed E-state index contributed by atoms with van der Waals surface area (Å²) in [6, 6.07) is 0. The van der Waals surface area contributed by atoms with Crippen molar-refractivity contribution in [3.8, 4) is 6.13 Å². The van der Waals surface area contributed by atoms with Crippen LogP contribution in [0.5, 0.6) is 0 Å². The molecule has 0 spiro atoms. The fraction of sp³-hybridized carbons (Fsp3) is 0.500. The SMILES string of the molecule is C#P(C)F. The summed E-state index contributed by atoms with van der Waals surface area (Å²) in [5.74, 6) is 0. The van der Waals surface area contributed by atoms with Gasteiger partial charge in [-0.3, -0.25) is 0 Å². The highest BCUT2D eigenvalue weighted by molar-refractivity contribution is 7.39. The second-order valence-electron chi connectivity index (χ2n) is 0.525. The van der Waals surface area contributed by atoms with Gasteiger partial charge < -0.3 is 0 Å². The van der Waals surface area contributed by atoms with Crippen LogP contribution in [-0.4, -0.2) is 6.66 Å². The van der Waals surface area contributed by atoms with Gasteiger partial charge >= 0.3 is 0 Å². The summed E-state index contributed by atoms with van der Waals surface area (Å²) in [5, 5.41) is 0. The molecule has 0 saturated carbocycles. The molecule has 4 heavy (non-hydrogen) atoms. The van der Waals surface area contributed by atoms with Gasteiger partial charge in [0.1, 0.15) is 0 Å². The molecule has 0 aliphatic carbocycles. The second-order valence-corrected chi connectivity index (χ2v) is 1.57. The van der Waals surface area contributed by atoms with E-state index >= 15 is 0 Å². The Kier molecular flexibility index (Phi) is 1.35. The largest absolute Gasteiger partial charge is 0.188 e. The highest BCUT2D eigenvalue weighted by atomic mass is 31.1. The smallest absolute Gasteiger partial charge is 0.0702 e. The number of halogens is 1. The van der Waals surface area contributed by atoms with Crippen molar-refractivity contribution in [2.24, 2.45) is 0 Å². The van der Waals surface area contributed by atoms with Gasteiger partial charge in [0.2, 0.25) is 0 Å². The summed E-state index contributed by atoms with van der Waals surface area (Å²) in [6.07, 6.45) is 4.51. The average molecular weight is 78.0 g/mol. The lowest BCUT2D eigenvalue weighted by Crippen LogP contribution is -1.14. The Morgan fingerprint density at radius 2 is 2.00 bits per heavy atom. The minimum Gasteiger partial charge on any atom is -0.188 e. The zero-order valence-electron chi connectivity index (χ0n) is 2.40. The van der Waals surface area contributed by atoms with E-state index in [0.717, 1.165) is 0 Å². The maximum atomic E-state index is 10.8. The molecule has 0 saturated heterocycles. The van der Waals surface area contributed by atoms with E-state index in [1.54, 1.807) is 0 Å². The fourth-order valence-corrected chi connectivity index (χ4v) is 0. The summed E-state index contributed by atoms with van der Waals surface area (Å²) in [4.78, 5) is 0. The zero-order chi connectivity index (χ0) is 3.58. The first-order chi connectivity index (χ1) is 1.73. The topological polar surface area (TPSA) is 0 Å². The lowest BCUT2D eigenvalue weighted by atomic mass is 11.9. The first-order valence-electron chi connectivity index (χ1n) is 0.874. The van der Waals surface area contributed by atoms with Crippen molar-refractivity contribution in [3.63, 3.8) is 0 Å². The number of hydrogen-bond donors (Lipinski definition) is 0. The predicted octanol–water partition coefficient (Wildman–Crippen LogP) is 1.57. The Bertz CT molecular complexity index is 52.2. The van der Waals surface area contributed by atoms with Crippen molar-refractivity contribution >= 4 is 7.69 Å². The van der Waals surface area contributed by atoms with Gasteiger partial charge in [-0.05, 0) is 0 Å². The van der Waals surface area contributed by atoms with Gasteiger partial charge in [-0.2, -0.15) is 4.20 Å². The molecule has 0 aliphatic heterocycles. The molecule has 0 bridgehead atoms. The first-order valence-corrected chi connectivity index (χ1v) is 2.62. The Hall–Kier alpha value is 0.01000. The minimum atomic E-state index is -1.62. The molecular weight excluding hydrogens is 74.0 g/mol. The molecule has 0 nitrogen and oxygen atoms in total. The summed E-state index contributed by atoms with van der Waals surface area (Å²) in [6.45, 7) is 1.34. The Morgan fingerprint density at radius 1 is 2.00 bits per heavy atom.